The molecule has 5 fully saturated rings. The number of nitrogens with zero attached hydrogens (tertiary/aromatic N) is 11. The highest BCUT2D eigenvalue weighted by atomic mass is 127. The monoisotopic (exact) mass is 2130 g/mol. The molecule has 132 heavy (non-hydrogen) atoms. The maximum Gasteiger partial charge on any atom is 0.270 e. The van der Waals surface area contributed by atoms with Crippen LogP contribution in [0, 0.1) is 36.5 Å². The molecule has 10 aliphatic heterocycles. The van der Waals surface area contributed by atoms with Gasteiger partial charge in [0.2, 0.25) is 0 Å². The van der Waals surface area contributed by atoms with Gasteiger partial charge in [-0.1, -0.05) is 69.9 Å². The number of hydrogen-bond acceptors (Lipinski definition) is 29. The number of nitrogens with two attached hydrogens (primary N) is 1. The Kier molecular flexibility index (Phi) is 56.1. The first-order valence-electron chi connectivity index (χ1n) is 46.4. The molecule has 0 atom stereocenters. The first-order valence-corrected chi connectivity index (χ1v) is 55.7. The molecule has 0 radical (unpaired) electrons. The quantitative estimate of drug-likeness (QED) is 0.00597. The van der Waals surface area contributed by atoms with Gasteiger partial charge in [0, 0.05) is 222 Å². The molecule has 10 aliphatic rings. The second-order valence-corrected chi connectivity index (χ2v) is 42.6. The molecule has 8 N–H and O–H groups in total. The van der Waals surface area contributed by atoms with Crippen LogP contribution in [0.4, 0.5) is 45.5 Å². The maximum absolute atomic E-state index is 10.9. The molecular formula is C98H145Cl2IN16O6S9. The third-order valence-electron chi connectivity index (χ3n) is 23.6. The van der Waals surface area contributed by atoms with Gasteiger partial charge in [0.15, 0.2) is 0 Å². The Bertz CT molecular complexity index is 4470. The van der Waals surface area contributed by atoms with Crippen LogP contribution in [-0.4, -0.2) is 272 Å². The smallest absolute Gasteiger partial charge is 0.270 e. The highest BCUT2D eigenvalue weighted by molar-refractivity contribution is 14.0. The third-order valence-corrected chi connectivity index (χ3v) is 32.4. The number of alkyl halides is 1. The summed E-state index contributed by atoms with van der Waals surface area (Å²) in [7, 11) is 0. The fraction of sp³-hybridized carbons (Fsp3) is 0.541. The molecule has 3 aromatic heterocycles. The van der Waals surface area contributed by atoms with Crippen LogP contribution in [0.25, 0.3) is 0 Å². The van der Waals surface area contributed by atoms with E-state index in [1.165, 1.54) is 259 Å². The van der Waals surface area contributed by atoms with Gasteiger partial charge in [-0.05, 0) is 250 Å². The highest BCUT2D eigenvalue weighted by Gasteiger charge is 2.27. The Hall–Kier alpha value is -5.06. The lowest BCUT2D eigenvalue weighted by Gasteiger charge is -2.34. The number of thiophene rings is 3. The predicted octanol–water partition coefficient (Wildman–Crippen LogP) is 23.1. The Balaban J connectivity index is 0.000000213. The number of benzene rings is 5. The Morgan fingerprint density at radius 1 is 0.424 bits per heavy atom. The summed E-state index contributed by atoms with van der Waals surface area (Å²) in [4.78, 5) is 52.9. The molecule has 0 saturated carbocycles. The average molecular weight is 2130 g/mol. The van der Waals surface area contributed by atoms with Crippen molar-refractivity contribution in [1.82, 2.24) is 24.5 Å². The van der Waals surface area contributed by atoms with Crippen molar-refractivity contribution in [3.63, 3.8) is 0 Å². The summed E-state index contributed by atoms with van der Waals surface area (Å²) in [6.07, 6.45) is 24.0. The standard InChI is InChI=1S/2C21H27N3S2.C15H21N3O2S.C15H23N3S.C8H8N2O2S.C7H14ClN.C6H7NS2.2C2H6O.CH4.ClH.HI/c2*22-18(20-5-4-13-25-20)15-17-6-7-19-21(16-17)26-14-12-24(19)11-10-23-8-2-1-3-9-23;19-18(20)13-4-5-14-15(12-13)21-11-10-17(14)9-8-16-6-2-1-3-7-16;16-13-4-5-14-15(12-13)19-11-10-18(14)9-8-17-6-2-1-3-7-17;11-10(12)6-1-2-7-8(5-6)13-4-3-9-7;8-4-7-9-5-2-1-3-6-9;1-8-6(7)5-3-2-4-9-5;2*1-2-3;;;/h2*4-7,13,16,22H,1-3,8-12,14-15H2;4-5,12H,1-3,6-11H2;4-5,12H,1-3,6-11,16H2;1-2,5,9H,3-4H2;1-7H2;2-4,7H,1H3;2*3H,2H2,1H3;1H4;2*1H. The normalized spacial score (nSPS) is 16.9. The Labute approximate surface area is 853 Å². The highest BCUT2D eigenvalue weighted by Crippen LogP contribution is 2.41. The zero-order valence-electron chi connectivity index (χ0n) is 76.9. The number of aliphatic hydroxyl groups excluding tert-OH is 2. The van der Waals surface area contributed by atoms with Gasteiger partial charge < -0.3 is 76.2 Å². The molecule has 0 unspecified atom stereocenters. The van der Waals surface area contributed by atoms with Crippen LogP contribution < -0.4 is 30.7 Å². The van der Waals surface area contributed by atoms with Crippen molar-refractivity contribution in [3.05, 3.63) is 190 Å². The van der Waals surface area contributed by atoms with Crippen LogP contribution in [-0.2, 0) is 12.8 Å². The summed E-state index contributed by atoms with van der Waals surface area (Å²) < 4.78 is 0. The summed E-state index contributed by atoms with van der Waals surface area (Å²) in [5.74, 6) is 6.27. The van der Waals surface area contributed by atoms with Gasteiger partial charge in [-0.25, -0.2) is 0 Å². The van der Waals surface area contributed by atoms with E-state index in [-0.39, 0.29) is 78.2 Å². The van der Waals surface area contributed by atoms with E-state index in [1.807, 2.05) is 106 Å². The van der Waals surface area contributed by atoms with Crippen molar-refractivity contribution in [2.24, 2.45) is 0 Å². The van der Waals surface area contributed by atoms with Gasteiger partial charge in [-0.2, -0.15) is 0 Å². The van der Waals surface area contributed by atoms with Gasteiger partial charge in [0.05, 0.1) is 48.9 Å². The van der Waals surface area contributed by atoms with Crippen molar-refractivity contribution >= 4 is 215 Å². The van der Waals surface area contributed by atoms with E-state index in [4.69, 9.17) is 43.8 Å². The number of fused-ring (bicyclic) bond motifs is 5. The first-order chi connectivity index (χ1) is 63.0. The number of nitro benzene ring substituents is 2. The number of nitrogen functional groups attached to an aromatic ring is 1. The molecule has 0 aliphatic carbocycles. The molecule has 0 amide bonds. The van der Waals surface area contributed by atoms with Crippen molar-refractivity contribution in [3.8, 4) is 0 Å². The van der Waals surface area contributed by atoms with Crippen LogP contribution in [0.3, 0.4) is 0 Å². The molecule has 0 bridgehead atoms. The fourth-order valence-corrected chi connectivity index (χ4v) is 24.9. The van der Waals surface area contributed by atoms with Crippen LogP contribution in [0.2, 0.25) is 0 Å². The fourth-order valence-electron chi connectivity index (χ4n) is 16.8. The van der Waals surface area contributed by atoms with Crippen LogP contribution in [0.15, 0.2) is 168 Å². The van der Waals surface area contributed by atoms with Crippen LogP contribution >= 0.6 is 153 Å². The minimum atomic E-state index is -0.366. The molecule has 8 aromatic rings. The molecule has 34 heteroatoms. The minimum absolute atomic E-state index is 0. The van der Waals surface area contributed by atoms with Gasteiger partial charge in [-0.15, -0.1) is 153 Å². The lowest BCUT2D eigenvalue weighted by molar-refractivity contribution is -0.385. The first kappa shape index (κ1) is 114. The predicted molar refractivity (Wildman–Crippen MR) is 592 cm³/mol. The molecule has 728 valence electrons. The SMILES string of the molecule is C.CCO.CCO.CSC(=N)c1cccs1.Cl.ClCCN1CCCCC1.I.N=C(Cc1ccc2c(c1)SCCN2CCN1CCCCC1)c1cccs1.N=C(Cc1ccc2c(c1)SCCN2CCN1CCCCC1)c1cccs1.Nc1ccc2c(c1)SCCN2CCN1CCCCC1.O=[N+]([O-])c1ccc2c(c1)SCCN2.O=[N+]([O-])c1ccc2c(c1)SCCN2CCN1CCCCC1. The number of thioether (sulfide) groups is 6. The van der Waals surface area contributed by atoms with E-state index < -0.39 is 0 Å². The number of rotatable bonds is 23. The van der Waals surface area contributed by atoms with Crippen LogP contribution in [0.1, 0.15) is 143 Å². The minimum Gasteiger partial charge on any atom is -0.399 e. The molecule has 5 aromatic carbocycles. The maximum atomic E-state index is 10.9. The van der Waals surface area contributed by atoms with Crippen molar-refractivity contribution in [2.75, 3.05) is 242 Å². The zero-order chi connectivity index (χ0) is 91.2. The van der Waals surface area contributed by atoms with E-state index in [1.54, 1.807) is 95.6 Å². The van der Waals surface area contributed by atoms with E-state index >= 15 is 0 Å². The van der Waals surface area contributed by atoms with Crippen molar-refractivity contribution in [2.45, 2.75) is 155 Å². The van der Waals surface area contributed by atoms with E-state index in [0.717, 1.165) is 155 Å². The van der Waals surface area contributed by atoms with Gasteiger partial charge >= 0.3 is 0 Å². The summed E-state index contributed by atoms with van der Waals surface area (Å²) in [5, 5.41) is 70.4. The number of halogens is 3. The second-order valence-electron chi connectivity index (χ2n) is 32.9. The van der Waals surface area contributed by atoms with E-state index in [2.05, 4.69) is 97.9 Å². The summed E-state index contributed by atoms with van der Waals surface area (Å²) in [5.41, 5.74) is 17.4. The Morgan fingerprint density at radius 3 is 1.08 bits per heavy atom. The molecule has 0 spiro atoms. The number of hydrogen-bond donors (Lipinski definition) is 7. The third kappa shape index (κ3) is 39.3. The number of anilines is 6. The lowest BCUT2D eigenvalue weighted by atomic mass is 10.1. The zero-order valence-corrected chi connectivity index (χ0v) is 88.1. The topological polar surface area (TPSA) is 266 Å². The van der Waals surface area contributed by atoms with Crippen LogP contribution in [0.5, 0.6) is 0 Å². The summed E-state index contributed by atoms with van der Waals surface area (Å²) >= 11 is 21.2. The number of nitrogens with one attached hydrogen (secondary N) is 4. The van der Waals surface area contributed by atoms with Gasteiger partial charge in [0.25, 0.3) is 11.4 Å². The van der Waals surface area contributed by atoms with E-state index in [0.29, 0.717) is 5.04 Å². The molecule has 18 rings (SSSR count). The summed E-state index contributed by atoms with van der Waals surface area (Å²) in [6, 6.07) is 42.2. The second kappa shape index (κ2) is 65.0. The lowest BCUT2D eigenvalue weighted by Crippen LogP contribution is -2.39. The average Bonchev–Trinajstić information content (AvgIpc) is 1.21. The number of likely N-dealkylation sites (tertiary alicyclic amines) is 5. The molecule has 22 nitrogen and oxygen atoms in total. The molecule has 13 heterocycles. The van der Waals surface area contributed by atoms with E-state index in [9.17, 15) is 20.2 Å². The number of non-ortho nitro benzene ring substituents is 2. The van der Waals surface area contributed by atoms with Crippen molar-refractivity contribution in [1.29, 1.82) is 16.2 Å². The number of nitro groups is 2. The number of piperidine rings is 5. The molecule has 5 saturated heterocycles. The largest absolute Gasteiger partial charge is 0.399 e. The summed E-state index contributed by atoms with van der Waals surface area (Å²) in [6.45, 7) is 32.1. The Morgan fingerprint density at radius 2 is 0.735 bits per heavy atom. The molecular weight excluding hydrogens is 1980 g/mol. The number of aliphatic hydroxyl groups is 2. The van der Waals surface area contributed by atoms with Crippen molar-refractivity contribution < 1.29 is 20.1 Å². The van der Waals surface area contributed by atoms with Gasteiger partial charge in [0.1, 0.15) is 5.04 Å². The van der Waals surface area contributed by atoms with Gasteiger partial charge in [-0.3, -0.25) is 25.6 Å².